The molecule has 0 aliphatic carbocycles. The Labute approximate surface area is 275 Å². The van der Waals surface area contributed by atoms with Gasteiger partial charge in [0.25, 0.3) is 0 Å². The summed E-state index contributed by atoms with van der Waals surface area (Å²) in [6, 6.07) is 8.44. The van der Waals surface area contributed by atoms with Crippen LogP contribution in [0, 0.1) is 11.8 Å². The average molecular weight is 660 g/mol. The Bertz CT molecular complexity index is 1280. The maximum Gasteiger partial charge on any atom is 0.178 e. The van der Waals surface area contributed by atoms with Crippen molar-refractivity contribution in [1.29, 1.82) is 0 Å². The van der Waals surface area contributed by atoms with Crippen molar-refractivity contribution in [3.63, 3.8) is 0 Å². The number of rotatable bonds is 17. The SMILES string of the molecule is C=CCOC/C=C/C1CC(=C)C(CCC2CC(C)C(=C)C(CC3O[C@H](CC(O)CN)[C@H](OC)C3CS(=O)(=O)c3ccccc3)O2)O1. The Morgan fingerprint density at radius 2 is 1.85 bits per heavy atom. The van der Waals surface area contributed by atoms with Gasteiger partial charge in [0, 0.05) is 38.8 Å². The van der Waals surface area contributed by atoms with E-state index in [2.05, 4.69) is 26.7 Å². The summed E-state index contributed by atoms with van der Waals surface area (Å²) in [7, 11) is -2.08. The summed E-state index contributed by atoms with van der Waals surface area (Å²) in [4.78, 5) is 0.260. The van der Waals surface area contributed by atoms with Crippen LogP contribution < -0.4 is 5.73 Å². The zero-order valence-electron chi connectivity index (χ0n) is 27.4. The minimum Gasteiger partial charge on any atom is -0.392 e. The lowest BCUT2D eigenvalue weighted by molar-refractivity contribution is -0.0766. The monoisotopic (exact) mass is 659 g/mol. The largest absolute Gasteiger partial charge is 0.392 e. The van der Waals surface area contributed by atoms with Crippen LogP contribution in [-0.2, 0) is 33.5 Å². The second-order valence-corrected chi connectivity index (χ2v) is 14.9. The Balaban J connectivity index is 1.42. The normalized spacial score (nSPS) is 32.7. The fraction of sp³-hybridized carbons (Fsp3) is 0.611. The van der Waals surface area contributed by atoms with Gasteiger partial charge in [-0.1, -0.05) is 56.5 Å². The van der Waals surface area contributed by atoms with Crippen LogP contribution in [-0.4, -0.2) is 95.0 Å². The first kappa shape index (κ1) is 36.7. The molecule has 9 nitrogen and oxygen atoms in total. The molecule has 3 N–H and O–H groups in total. The first-order valence-corrected chi connectivity index (χ1v) is 18.1. The topological polar surface area (TPSA) is 127 Å². The van der Waals surface area contributed by atoms with Gasteiger partial charge in [-0.25, -0.2) is 8.42 Å². The third kappa shape index (κ3) is 9.70. The molecule has 1 aromatic rings. The van der Waals surface area contributed by atoms with Crippen LogP contribution in [0.3, 0.4) is 0 Å². The molecule has 0 radical (unpaired) electrons. The molecule has 0 bridgehead atoms. The molecule has 0 amide bonds. The molecule has 3 saturated heterocycles. The van der Waals surface area contributed by atoms with Crippen LogP contribution in [0.5, 0.6) is 0 Å². The van der Waals surface area contributed by atoms with Crippen molar-refractivity contribution >= 4 is 9.84 Å². The van der Waals surface area contributed by atoms with E-state index in [4.69, 9.17) is 29.4 Å². The lowest BCUT2D eigenvalue weighted by Crippen LogP contribution is -2.40. The molecular formula is C36H53NO8S. The molecule has 0 spiro atoms. The van der Waals surface area contributed by atoms with Crippen LogP contribution in [0.2, 0.25) is 0 Å². The minimum absolute atomic E-state index is 0.00775. The van der Waals surface area contributed by atoms with Crippen LogP contribution in [0.1, 0.15) is 45.4 Å². The summed E-state index contributed by atoms with van der Waals surface area (Å²) in [5, 5.41) is 10.4. The molecule has 4 rings (SSSR count). The quantitative estimate of drug-likeness (QED) is 0.183. The van der Waals surface area contributed by atoms with Crippen LogP contribution >= 0.6 is 0 Å². The fourth-order valence-corrected chi connectivity index (χ4v) is 8.59. The molecule has 3 fully saturated rings. The number of hydrogen-bond acceptors (Lipinski definition) is 9. The Morgan fingerprint density at radius 1 is 1.09 bits per heavy atom. The van der Waals surface area contributed by atoms with E-state index < -0.39 is 40.2 Å². The van der Waals surface area contributed by atoms with Gasteiger partial charge in [0.2, 0.25) is 0 Å². The minimum atomic E-state index is -3.64. The van der Waals surface area contributed by atoms with E-state index >= 15 is 0 Å². The van der Waals surface area contributed by atoms with E-state index in [0.29, 0.717) is 19.6 Å². The zero-order chi connectivity index (χ0) is 33.3. The van der Waals surface area contributed by atoms with Gasteiger partial charge in [0.05, 0.1) is 72.7 Å². The number of aliphatic hydroxyl groups excluding tert-OH is 1. The van der Waals surface area contributed by atoms with Crippen molar-refractivity contribution in [3.05, 3.63) is 79.4 Å². The standard InChI is InChI=1S/C36H53NO8S/c1-6-16-42-17-10-11-28-19-25(3)32(43-28)15-14-29-18-24(2)26(4)33(44-29)21-34-31(23-46(39,40)30-12-8-7-9-13-30)36(41-5)35(45-34)20-27(38)22-37/h6-13,24,27-29,31-36,38H,1,3-4,14-23,37H2,2,5H3/b11-10+/t24?,27?,28?,29?,31?,32?,33?,34?,35-,36-/m1/s1. The predicted octanol–water partition coefficient (Wildman–Crippen LogP) is 4.56. The van der Waals surface area contributed by atoms with Crippen molar-refractivity contribution < 1.29 is 37.2 Å². The van der Waals surface area contributed by atoms with E-state index in [1.54, 1.807) is 43.5 Å². The summed E-state index contributed by atoms with van der Waals surface area (Å²) in [5.74, 6) is -0.395. The van der Waals surface area contributed by atoms with Gasteiger partial charge in [0.15, 0.2) is 9.84 Å². The van der Waals surface area contributed by atoms with Gasteiger partial charge in [-0.3, -0.25) is 0 Å². The summed E-state index contributed by atoms with van der Waals surface area (Å²) in [5.41, 5.74) is 7.78. The first-order valence-electron chi connectivity index (χ1n) is 16.4. The maximum atomic E-state index is 13.5. The molecule has 0 aromatic heterocycles. The maximum absolute atomic E-state index is 13.5. The summed E-state index contributed by atoms with van der Waals surface area (Å²) in [6.45, 7) is 15.6. The summed E-state index contributed by atoms with van der Waals surface area (Å²) >= 11 is 0. The van der Waals surface area contributed by atoms with E-state index in [1.165, 1.54) is 0 Å². The molecule has 0 saturated carbocycles. The number of methoxy groups -OCH3 is 1. The number of aliphatic hydroxyl groups is 1. The summed E-state index contributed by atoms with van der Waals surface area (Å²) < 4.78 is 57.8. The molecule has 46 heavy (non-hydrogen) atoms. The van der Waals surface area contributed by atoms with Crippen molar-refractivity contribution in [3.8, 4) is 0 Å². The number of sulfone groups is 1. The highest BCUT2D eigenvalue weighted by Gasteiger charge is 2.48. The highest BCUT2D eigenvalue weighted by molar-refractivity contribution is 7.91. The zero-order valence-corrected chi connectivity index (χ0v) is 28.2. The molecule has 3 aliphatic heterocycles. The first-order chi connectivity index (χ1) is 22.1. The smallest absolute Gasteiger partial charge is 0.178 e. The number of benzene rings is 1. The van der Waals surface area contributed by atoms with E-state index in [-0.39, 0.29) is 53.9 Å². The average Bonchev–Trinajstić information content (AvgIpc) is 3.55. The lowest BCUT2D eigenvalue weighted by Gasteiger charge is -2.38. The molecule has 3 aliphatic rings. The van der Waals surface area contributed by atoms with Gasteiger partial charge >= 0.3 is 0 Å². The molecular weight excluding hydrogens is 606 g/mol. The van der Waals surface area contributed by atoms with Crippen molar-refractivity contribution in [2.45, 2.75) is 99.2 Å². The van der Waals surface area contributed by atoms with E-state index in [9.17, 15) is 13.5 Å². The predicted molar refractivity (Wildman–Crippen MR) is 179 cm³/mol. The molecule has 10 heteroatoms. The second-order valence-electron chi connectivity index (χ2n) is 12.8. The highest BCUT2D eigenvalue weighted by atomic mass is 32.2. The van der Waals surface area contributed by atoms with Gasteiger partial charge < -0.3 is 34.5 Å². The number of nitrogens with two attached hydrogens (primary N) is 1. The summed E-state index contributed by atoms with van der Waals surface area (Å²) in [6.07, 6.45) is 7.02. The highest BCUT2D eigenvalue weighted by Crippen LogP contribution is 2.41. The van der Waals surface area contributed by atoms with Gasteiger partial charge in [-0.15, -0.1) is 6.58 Å². The van der Waals surface area contributed by atoms with Crippen molar-refractivity contribution in [1.82, 2.24) is 0 Å². The molecule has 10 atom stereocenters. The third-order valence-electron chi connectivity index (χ3n) is 9.45. The van der Waals surface area contributed by atoms with Gasteiger partial charge in [-0.2, -0.15) is 0 Å². The van der Waals surface area contributed by atoms with Crippen LogP contribution in [0.4, 0.5) is 0 Å². The third-order valence-corrected chi connectivity index (χ3v) is 11.3. The Kier molecular flexibility index (Phi) is 13.8. The van der Waals surface area contributed by atoms with Crippen LogP contribution in [0.15, 0.2) is 84.3 Å². The Morgan fingerprint density at radius 3 is 2.54 bits per heavy atom. The van der Waals surface area contributed by atoms with Crippen LogP contribution in [0.25, 0.3) is 0 Å². The molecule has 256 valence electrons. The number of ether oxygens (including phenoxy) is 5. The second kappa shape index (κ2) is 17.3. The molecule has 3 heterocycles. The van der Waals surface area contributed by atoms with Gasteiger partial charge in [0.1, 0.15) is 0 Å². The molecule has 8 unspecified atom stereocenters. The Hall–Kier alpha value is -2.15. The van der Waals surface area contributed by atoms with E-state index in [1.807, 2.05) is 12.2 Å². The number of hydrogen-bond donors (Lipinski definition) is 2. The van der Waals surface area contributed by atoms with Gasteiger partial charge in [-0.05, 0) is 48.5 Å². The van der Waals surface area contributed by atoms with E-state index in [0.717, 1.165) is 36.8 Å². The lowest BCUT2D eigenvalue weighted by atomic mass is 9.83. The van der Waals surface area contributed by atoms with Crippen molar-refractivity contribution in [2.75, 3.05) is 32.6 Å². The fourth-order valence-electron chi connectivity index (χ4n) is 6.92. The van der Waals surface area contributed by atoms with Crippen molar-refractivity contribution in [2.24, 2.45) is 17.6 Å². The molecule has 1 aromatic carbocycles.